The molecule has 24 heavy (non-hydrogen) atoms. The maximum absolute atomic E-state index is 12.0. The molecule has 2 aromatic heterocycles. The Morgan fingerprint density at radius 2 is 2.04 bits per heavy atom. The van der Waals surface area contributed by atoms with E-state index in [0.29, 0.717) is 12.5 Å². The number of nitrogens with one attached hydrogen (secondary N) is 1. The van der Waals surface area contributed by atoms with Crippen molar-refractivity contribution in [2.24, 2.45) is 5.92 Å². The Labute approximate surface area is 137 Å². The van der Waals surface area contributed by atoms with E-state index in [-0.39, 0.29) is 5.76 Å². The predicted molar refractivity (Wildman–Crippen MR) is 84.7 cm³/mol. The molecule has 1 saturated heterocycles. The summed E-state index contributed by atoms with van der Waals surface area (Å²) in [5, 5.41) is 13.3. The molecule has 1 N–H and O–H groups in total. The first-order chi connectivity index (χ1) is 11.6. The van der Waals surface area contributed by atoms with Gasteiger partial charge in [0.25, 0.3) is 5.91 Å². The highest BCUT2D eigenvalue weighted by molar-refractivity contribution is 5.91. The zero-order valence-electron chi connectivity index (χ0n) is 12.9. The van der Waals surface area contributed by atoms with Gasteiger partial charge in [0.1, 0.15) is 4.92 Å². The van der Waals surface area contributed by atoms with Gasteiger partial charge < -0.3 is 14.6 Å². The van der Waals surface area contributed by atoms with Gasteiger partial charge >= 0.3 is 5.88 Å². The number of anilines is 1. The van der Waals surface area contributed by atoms with E-state index in [9.17, 15) is 14.9 Å². The van der Waals surface area contributed by atoms with Crippen LogP contribution in [0.4, 0.5) is 11.8 Å². The molecule has 9 heteroatoms. The lowest BCUT2D eigenvalue weighted by molar-refractivity contribution is -0.402. The summed E-state index contributed by atoms with van der Waals surface area (Å²) >= 11 is 0. The number of aromatic nitrogens is 2. The Morgan fingerprint density at radius 3 is 2.67 bits per heavy atom. The van der Waals surface area contributed by atoms with Crippen molar-refractivity contribution in [2.45, 2.75) is 12.8 Å². The molecule has 0 radical (unpaired) electrons. The Morgan fingerprint density at radius 1 is 1.33 bits per heavy atom. The van der Waals surface area contributed by atoms with Crippen LogP contribution in [0, 0.1) is 16.0 Å². The van der Waals surface area contributed by atoms with Gasteiger partial charge in [0.2, 0.25) is 5.95 Å². The van der Waals surface area contributed by atoms with Gasteiger partial charge in [0.15, 0.2) is 5.76 Å². The second-order valence-corrected chi connectivity index (χ2v) is 5.58. The third-order valence-corrected chi connectivity index (χ3v) is 4.00. The first-order valence-electron chi connectivity index (χ1n) is 7.68. The van der Waals surface area contributed by atoms with Gasteiger partial charge in [0.05, 0.1) is 6.07 Å². The van der Waals surface area contributed by atoms with Gasteiger partial charge in [-0.1, -0.05) is 0 Å². The molecular formula is C15H17N5O4. The van der Waals surface area contributed by atoms with Gasteiger partial charge in [0, 0.05) is 32.0 Å². The second kappa shape index (κ2) is 7.07. The molecule has 0 aromatic carbocycles. The van der Waals surface area contributed by atoms with Crippen LogP contribution in [0.5, 0.6) is 0 Å². The lowest BCUT2D eigenvalue weighted by Crippen LogP contribution is -2.39. The van der Waals surface area contributed by atoms with Crippen molar-refractivity contribution >= 4 is 17.7 Å². The lowest BCUT2D eigenvalue weighted by Gasteiger charge is -2.31. The third kappa shape index (κ3) is 3.67. The van der Waals surface area contributed by atoms with Crippen LogP contribution in [0.15, 0.2) is 35.0 Å². The lowest BCUT2D eigenvalue weighted by atomic mass is 9.97. The fourth-order valence-corrected chi connectivity index (χ4v) is 2.66. The minimum atomic E-state index is -0.668. The van der Waals surface area contributed by atoms with Crippen LogP contribution in [0.2, 0.25) is 0 Å². The molecule has 0 saturated carbocycles. The largest absolute Gasteiger partial charge is 0.433 e. The van der Waals surface area contributed by atoms with Gasteiger partial charge in [-0.3, -0.25) is 14.9 Å². The van der Waals surface area contributed by atoms with Gasteiger partial charge in [-0.25, -0.2) is 9.97 Å². The van der Waals surface area contributed by atoms with Crippen molar-refractivity contribution in [3.63, 3.8) is 0 Å². The Balaban J connectivity index is 1.46. The molecule has 1 amide bonds. The van der Waals surface area contributed by atoms with Crippen LogP contribution < -0.4 is 10.2 Å². The van der Waals surface area contributed by atoms with Crippen molar-refractivity contribution in [3.05, 3.63) is 46.5 Å². The SMILES string of the molecule is O=C(NCC1CCN(c2ncccn2)CC1)c1ccc([N+](=O)[O-])o1. The van der Waals surface area contributed by atoms with Gasteiger partial charge in [-0.2, -0.15) is 0 Å². The second-order valence-electron chi connectivity index (χ2n) is 5.58. The molecular weight excluding hydrogens is 314 g/mol. The van der Waals surface area contributed by atoms with Crippen LogP contribution in [-0.2, 0) is 0 Å². The number of furan rings is 1. The summed E-state index contributed by atoms with van der Waals surface area (Å²) in [7, 11) is 0. The molecule has 0 atom stereocenters. The van der Waals surface area contributed by atoms with Crippen LogP contribution in [0.25, 0.3) is 0 Å². The summed E-state index contributed by atoms with van der Waals surface area (Å²) in [6, 6.07) is 4.26. The first-order valence-corrected chi connectivity index (χ1v) is 7.68. The van der Waals surface area contributed by atoms with Crippen LogP contribution >= 0.6 is 0 Å². The monoisotopic (exact) mass is 331 g/mol. The van der Waals surface area contributed by atoms with Crippen molar-refractivity contribution in [1.29, 1.82) is 0 Å². The highest BCUT2D eigenvalue weighted by Crippen LogP contribution is 2.20. The number of nitro groups is 1. The minimum absolute atomic E-state index is 0.0446. The standard InChI is InChI=1S/C15H17N5O4/c21-14(12-2-3-13(24-12)20(22)23)18-10-11-4-8-19(9-5-11)15-16-6-1-7-17-15/h1-3,6-7,11H,4-5,8-10H2,(H,18,21). The molecule has 126 valence electrons. The highest BCUT2D eigenvalue weighted by Gasteiger charge is 2.22. The van der Waals surface area contributed by atoms with Gasteiger partial charge in [-0.05, 0) is 30.9 Å². The van der Waals surface area contributed by atoms with E-state index < -0.39 is 16.7 Å². The number of nitrogens with zero attached hydrogens (tertiary/aromatic N) is 4. The summed E-state index contributed by atoms with van der Waals surface area (Å²) in [6.07, 6.45) is 5.27. The van der Waals surface area contributed by atoms with Crippen molar-refractivity contribution in [1.82, 2.24) is 15.3 Å². The van der Waals surface area contributed by atoms with Crippen molar-refractivity contribution < 1.29 is 14.1 Å². The third-order valence-electron chi connectivity index (χ3n) is 4.00. The molecule has 0 unspecified atom stereocenters. The highest BCUT2D eigenvalue weighted by atomic mass is 16.6. The quantitative estimate of drug-likeness (QED) is 0.654. The summed E-state index contributed by atoms with van der Waals surface area (Å²) in [6.45, 7) is 2.17. The number of amides is 1. The summed E-state index contributed by atoms with van der Waals surface area (Å²) in [4.78, 5) is 32.4. The molecule has 2 aromatic rings. The van der Waals surface area contributed by atoms with E-state index in [0.717, 1.165) is 31.9 Å². The van der Waals surface area contributed by atoms with Crippen LogP contribution in [-0.4, -0.2) is 40.4 Å². The number of rotatable bonds is 5. The maximum Gasteiger partial charge on any atom is 0.433 e. The van der Waals surface area contributed by atoms with Crippen LogP contribution in [0.3, 0.4) is 0 Å². The van der Waals surface area contributed by atoms with Crippen LogP contribution in [0.1, 0.15) is 23.4 Å². The molecule has 0 bridgehead atoms. The van der Waals surface area contributed by atoms with E-state index >= 15 is 0 Å². The summed E-state index contributed by atoms with van der Waals surface area (Å²) in [5.41, 5.74) is 0. The Hall–Kier alpha value is -2.97. The number of carbonyl (C=O) groups is 1. The van der Waals surface area contributed by atoms with Crippen molar-refractivity contribution in [3.8, 4) is 0 Å². The fraction of sp³-hybridized carbons (Fsp3) is 0.400. The number of hydrogen-bond acceptors (Lipinski definition) is 7. The normalized spacial score (nSPS) is 15.2. The van der Waals surface area contributed by atoms with E-state index in [1.165, 1.54) is 12.1 Å². The minimum Gasteiger partial charge on any atom is -0.395 e. The Bertz CT molecular complexity index is 710. The molecule has 1 aliphatic rings. The zero-order chi connectivity index (χ0) is 16.9. The topological polar surface area (TPSA) is 114 Å². The van der Waals surface area contributed by atoms with Crippen molar-refractivity contribution in [2.75, 3.05) is 24.5 Å². The number of carbonyl (C=O) groups excluding carboxylic acids is 1. The van der Waals surface area contributed by atoms with E-state index in [1.807, 2.05) is 0 Å². The fourth-order valence-electron chi connectivity index (χ4n) is 2.66. The maximum atomic E-state index is 12.0. The summed E-state index contributed by atoms with van der Waals surface area (Å²) in [5.74, 6) is 0.159. The smallest absolute Gasteiger partial charge is 0.395 e. The molecule has 3 rings (SSSR count). The van der Waals surface area contributed by atoms with E-state index in [2.05, 4.69) is 20.2 Å². The first kappa shape index (κ1) is 15.9. The molecule has 0 aliphatic carbocycles. The summed E-state index contributed by atoms with van der Waals surface area (Å²) < 4.78 is 4.89. The molecule has 9 nitrogen and oxygen atoms in total. The van der Waals surface area contributed by atoms with Gasteiger partial charge in [-0.15, -0.1) is 0 Å². The van der Waals surface area contributed by atoms with E-state index in [1.54, 1.807) is 18.5 Å². The molecule has 3 heterocycles. The zero-order valence-corrected chi connectivity index (χ0v) is 12.9. The molecule has 1 fully saturated rings. The average Bonchev–Trinajstić information content (AvgIpc) is 3.11. The number of hydrogen-bond donors (Lipinski definition) is 1. The Kier molecular flexibility index (Phi) is 4.69. The predicted octanol–water partition coefficient (Wildman–Crippen LogP) is 1.62. The average molecular weight is 331 g/mol. The molecule has 1 aliphatic heterocycles. The molecule has 0 spiro atoms. The van der Waals surface area contributed by atoms with E-state index in [4.69, 9.17) is 4.42 Å². The number of piperidine rings is 1.